The van der Waals surface area contributed by atoms with Gasteiger partial charge in [0.25, 0.3) is 0 Å². The van der Waals surface area contributed by atoms with Gasteiger partial charge in [-0.05, 0) is 40.8 Å². The van der Waals surface area contributed by atoms with Gasteiger partial charge >= 0.3 is 12.1 Å². The van der Waals surface area contributed by atoms with Crippen molar-refractivity contribution in [1.82, 2.24) is 0 Å². The number of carboxylic acids is 1. The van der Waals surface area contributed by atoms with Crippen molar-refractivity contribution in [2.75, 3.05) is 11.5 Å². The fourth-order valence-corrected chi connectivity index (χ4v) is 6.45. The highest BCUT2D eigenvalue weighted by atomic mass is 35.5. The highest BCUT2D eigenvalue weighted by molar-refractivity contribution is 6.37. The maximum Gasteiger partial charge on any atom is 0.415 e. The van der Waals surface area contributed by atoms with Crippen LogP contribution in [0, 0.1) is 5.92 Å². The van der Waals surface area contributed by atoms with Gasteiger partial charge in [-0.3, -0.25) is 4.90 Å². The zero-order chi connectivity index (χ0) is 24.3. The van der Waals surface area contributed by atoms with Gasteiger partial charge < -0.3 is 9.84 Å². The average Bonchev–Trinajstić information content (AvgIpc) is 3.46. The van der Waals surface area contributed by atoms with Crippen LogP contribution in [0.15, 0.2) is 72.8 Å². The molecule has 0 saturated heterocycles. The Bertz CT molecular complexity index is 1360. The van der Waals surface area contributed by atoms with E-state index in [1.165, 1.54) is 4.90 Å². The summed E-state index contributed by atoms with van der Waals surface area (Å²) in [6.45, 7) is 0.0789. The van der Waals surface area contributed by atoms with E-state index >= 15 is 0 Å². The third-order valence-electron chi connectivity index (χ3n) is 7.37. The van der Waals surface area contributed by atoms with Crippen molar-refractivity contribution in [3.05, 3.63) is 99.6 Å². The summed E-state index contributed by atoms with van der Waals surface area (Å²) >= 11 is 13.1. The molecule has 2 aliphatic carbocycles. The van der Waals surface area contributed by atoms with Crippen LogP contribution in [-0.2, 0) is 9.53 Å². The van der Waals surface area contributed by atoms with E-state index in [4.69, 9.17) is 27.9 Å². The summed E-state index contributed by atoms with van der Waals surface area (Å²) in [7, 11) is 0. The van der Waals surface area contributed by atoms with E-state index in [1.807, 2.05) is 48.6 Å². The number of ether oxygens (including phenoxy) is 1. The van der Waals surface area contributed by atoms with Crippen LogP contribution >= 0.6 is 23.2 Å². The molecule has 176 valence electrons. The second-order valence-corrected chi connectivity index (χ2v) is 9.92. The lowest BCUT2D eigenvalue weighted by atomic mass is 9.78. The lowest BCUT2D eigenvalue weighted by Crippen LogP contribution is -2.54. The molecule has 35 heavy (non-hydrogen) atoms. The Labute approximate surface area is 212 Å². The molecule has 0 fully saturated rings. The Hall–Kier alpha value is -3.28. The minimum atomic E-state index is -1.12. The largest absolute Gasteiger partial charge is 0.480 e. The standard InChI is InChI=1S/C28H21Cl2NO4/c29-22-12-13-23(30)26-24(22)19-10-5-11-20(19)25(27(32)33)31(26)28(34)35-14-21-17-8-3-1-6-15(17)16-7-2-4-9-18(16)21/h1-10,12-13,19-21,25H,11,14H2,(H,32,33)/t19-,20+,25-/m1/s1. The average molecular weight is 506 g/mol. The van der Waals surface area contributed by atoms with Crippen LogP contribution in [0.3, 0.4) is 0 Å². The highest BCUT2D eigenvalue weighted by Gasteiger charge is 2.50. The maximum atomic E-state index is 13.6. The van der Waals surface area contributed by atoms with E-state index in [1.54, 1.807) is 12.1 Å². The molecule has 0 aromatic heterocycles. The van der Waals surface area contributed by atoms with E-state index in [9.17, 15) is 14.7 Å². The van der Waals surface area contributed by atoms with Crippen molar-refractivity contribution in [2.45, 2.75) is 24.3 Å². The number of halogens is 2. The van der Waals surface area contributed by atoms with Gasteiger partial charge in [-0.15, -0.1) is 0 Å². The molecule has 1 heterocycles. The van der Waals surface area contributed by atoms with Gasteiger partial charge in [0.05, 0.1) is 10.7 Å². The lowest BCUT2D eigenvalue weighted by Gasteiger charge is -2.42. The second kappa shape index (κ2) is 8.43. The van der Waals surface area contributed by atoms with Crippen molar-refractivity contribution >= 4 is 41.0 Å². The number of hydrogen-bond donors (Lipinski definition) is 1. The van der Waals surface area contributed by atoms with E-state index in [0.717, 1.165) is 22.3 Å². The molecule has 1 N–H and O–H groups in total. The fourth-order valence-electron chi connectivity index (χ4n) is 5.92. The number of anilines is 1. The van der Waals surface area contributed by atoms with Gasteiger partial charge in [-0.2, -0.15) is 0 Å². The SMILES string of the molecule is O=C(O)[C@H]1[C@H]2CC=C[C@H]2c2c(Cl)ccc(Cl)c2N1C(=O)OCC1c2ccccc2-c2ccccc21. The third-order valence-corrected chi connectivity index (χ3v) is 8.01. The number of carbonyl (C=O) groups excluding carboxylic acids is 1. The minimum absolute atomic E-state index is 0.0789. The van der Waals surface area contributed by atoms with Gasteiger partial charge in [0, 0.05) is 28.3 Å². The topological polar surface area (TPSA) is 66.8 Å². The second-order valence-electron chi connectivity index (χ2n) is 9.10. The normalized spacial score (nSPS) is 21.8. The van der Waals surface area contributed by atoms with Crippen molar-refractivity contribution < 1.29 is 19.4 Å². The van der Waals surface area contributed by atoms with Gasteiger partial charge in [0.1, 0.15) is 12.6 Å². The number of fused-ring (bicyclic) bond motifs is 6. The Balaban J connectivity index is 1.37. The molecule has 0 spiro atoms. The molecule has 0 radical (unpaired) electrons. The van der Waals surface area contributed by atoms with Crippen molar-refractivity contribution in [3.63, 3.8) is 0 Å². The third kappa shape index (κ3) is 3.37. The van der Waals surface area contributed by atoms with Crippen LogP contribution in [0.1, 0.15) is 34.9 Å². The molecule has 3 atom stereocenters. The zero-order valence-electron chi connectivity index (χ0n) is 18.5. The number of carbonyl (C=O) groups is 2. The fraction of sp³-hybridized carbons (Fsp3) is 0.214. The van der Waals surface area contributed by atoms with Gasteiger partial charge in [-0.25, -0.2) is 9.59 Å². The first-order chi connectivity index (χ1) is 17.0. The molecular formula is C28H21Cl2NO4. The number of carboxylic acid groups (broad SMARTS) is 1. The molecule has 1 amide bonds. The number of rotatable bonds is 3. The summed E-state index contributed by atoms with van der Waals surface area (Å²) in [5.41, 5.74) is 5.38. The van der Waals surface area contributed by atoms with Gasteiger partial charge in [0.2, 0.25) is 0 Å². The van der Waals surface area contributed by atoms with E-state index in [0.29, 0.717) is 22.7 Å². The summed E-state index contributed by atoms with van der Waals surface area (Å²) in [5, 5.41) is 10.9. The van der Waals surface area contributed by atoms with E-state index in [2.05, 4.69) is 12.1 Å². The number of benzene rings is 3. The van der Waals surface area contributed by atoms with Gasteiger partial charge in [-0.1, -0.05) is 83.9 Å². The van der Waals surface area contributed by atoms with Crippen LogP contribution in [-0.4, -0.2) is 29.8 Å². The van der Waals surface area contributed by atoms with E-state index in [-0.39, 0.29) is 29.4 Å². The van der Waals surface area contributed by atoms with E-state index < -0.39 is 18.1 Å². The predicted octanol–water partition coefficient (Wildman–Crippen LogP) is 6.88. The summed E-state index contributed by atoms with van der Waals surface area (Å²) in [6.07, 6.45) is 3.68. The molecule has 0 bridgehead atoms. The number of nitrogens with zero attached hydrogens (tertiary/aromatic N) is 1. The van der Waals surface area contributed by atoms with Crippen LogP contribution in [0.2, 0.25) is 10.0 Å². The monoisotopic (exact) mass is 505 g/mol. The Morgan fingerprint density at radius 3 is 2.23 bits per heavy atom. The first kappa shape index (κ1) is 22.2. The Morgan fingerprint density at radius 2 is 1.57 bits per heavy atom. The highest BCUT2D eigenvalue weighted by Crippen LogP contribution is 2.53. The Morgan fingerprint density at radius 1 is 0.943 bits per heavy atom. The smallest absolute Gasteiger partial charge is 0.415 e. The molecule has 0 saturated carbocycles. The molecular weight excluding hydrogens is 485 g/mol. The molecule has 0 unspecified atom stereocenters. The van der Waals surface area contributed by atoms with Crippen LogP contribution in [0.5, 0.6) is 0 Å². The van der Waals surface area contributed by atoms with Crippen LogP contribution in [0.25, 0.3) is 11.1 Å². The maximum absolute atomic E-state index is 13.6. The summed E-state index contributed by atoms with van der Waals surface area (Å²) < 4.78 is 5.86. The number of allylic oxidation sites excluding steroid dienone is 2. The molecule has 5 nitrogen and oxygen atoms in total. The molecule has 3 aliphatic rings. The number of amides is 1. The number of hydrogen-bond acceptors (Lipinski definition) is 3. The predicted molar refractivity (Wildman–Crippen MR) is 135 cm³/mol. The molecule has 7 heteroatoms. The molecule has 1 aliphatic heterocycles. The summed E-state index contributed by atoms with van der Waals surface area (Å²) in [6, 6.07) is 18.3. The summed E-state index contributed by atoms with van der Waals surface area (Å²) in [5.74, 6) is -1.82. The first-order valence-electron chi connectivity index (χ1n) is 11.5. The van der Waals surface area contributed by atoms with Crippen LogP contribution in [0.4, 0.5) is 10.5 Å². The molecule has 3 aromatic rings. The number of aliphatic carboxylic acids is 1. The molecule has 6 rings (SSSR count). The molecule has 3 aromatic carbocycles. The van der Waals surface area contributed by atoms with Crippen molar-refractivity contribution in [1.29, 1.82) is 0 Å². The Kier molecular flexibility index (Phi) is 5.35. The summed E-state index contributed by atoms with van der Waals surface area (Å²) in [4.78, 5) is 27.3. The first-order valence-corrected chi connectivity index (χ1v) is 12.2. The van der Waals surface area contributed by atoms with Crippen molar-refractivity contribution in [3.8, 4) is 11.1 Å². The quantitative estimate of drug-likeness (QED) is 0.394. The van der Waals surface area contributed by atoms with Gasteiger partial charge in [0.15, 0.2) is 0 Å². The van der Waals surface area contributed by atoms with Crippen molar-refractivity contribution in [2.24, 2.45) is 5.92 Å². The lowest BCUT2D eigenvalue weighted by molar-refractivity contribution is -0.140. The zero-order valence-corrected chi connectivity index (χ0v) is 20.0. The van der Waals surface area contributed by atoms with Crippen LogP contribution < -0.4 is 4.90 Å². The minimum Gasteiger partial charge on any atom is -0.480 e.